The van der Waals surface area contributed by atoms with Gasteiger partial charge in [-0.05, 0) is 109 Å². The van der Waals surface area contributed by atoms with E-state index >= 15 is 4.39 Å². The van der Waals surface area contributed by atoms with Crippen molar-refractivity contribution in [1.82, 2.24) is 54.3 Å². The molecule has 0 spiro atoms. The minimum atomic E-state index is -0.590. The smallest absolute Gasteiger partial charge is 0.319 e. The van der Waals surface area contributed by atoms with Crippen LogP contribution in [0.3, 0.4) is 0 Å². The summed E-state index contributed by atoms with van der Waals surface area (Å²) in [5, 5.41) is 5.42. The van der Waals surface area contributed by atoms with Crippen LogP contribution >= 0.6 is 23.2 Å². The van der Waals surface area contributed by atoms with Gasteiger partial charge in [-0.3, -0.25) is 19.5 Å². The van der Waals surface area contributed by atoms with Crippen molar-refractivity contribution in [3.05, 3.63) is 130 Å². The van der Waals surface area contributed by atoms with Gasteiger partial charge >= 0.3 is 12.0 Å². The Morgan fingerprint density at radius 2 is 1.37 bits per heavy atom. The first kappa shape index (κ1) is 62.0. The molecule has 21 heteroatoms. The molecule has 4 fully saturated rings. The Balaban J connectivity index is 0.672. The average molecular weight is 1250 g/mol. The number of fused-ring (bicyclic) bond motifs is 4. The zero-order chi connectivity index (χ0) is 62.0. The third kappa shape index (κ3) is 13.6. The van der Waals surface area contributed by atoms with Crippen molar-refractivity contribution < 1.29 is 23.5 Å². The van der Waals surface area contributed by atoms with E-state index in [1.54, 1.807) is 24.4 Å². The van der Waals surface area contributed by atoms with Gasteiger partial charge in [-0.2, -0.15) is 19.9 Å². The molecule has 4 aromatic carbocycles. The second kappa shape index (κ2) is 27.1. The Hall–Kier alpha value is -7.26. The molecule has 0 N–H and O–H groups in total. The van der Waals surface area contributed by atoms with Crippen molar-refractivity contribution >= 4 is 84.8 Å². The monoisotopic (exact) mass is 1250 g/mol. The van der Waals surface area contributed by atoms with Gasteiger partial charge in [0.25, 0.3) is 0 Å². The summed E-state index contributed by atoms with van der Waals surface area (Å²) in [4.78, 5) is 70.6. The van der Waals surface area contributed by atoms with Gasteiger partial charge in [-0.1, -0.05) is 90.0 Å². The van der Waals surface area contributed by atoms with E-state index in [1.165, 1.54) is 0 Å². The zero-order valence-corrected chi connectivity index (χ0v) is 53.7. The number of ether oxygens (including phenoxy) is 2. The highest BCUT2D eigenvalue weighted by molar-refractivity contribution is 6.37. The molecule has 1 unspecified atom stereocenters. The van der Waals surface area contributed by atoms with Crippen LogP contribution in [0.5, 0.6) is 12.0 Å². The van der Waals surface area contributed by atoms with E-state index in [9.17, 15) is 9.59 Å². The third-order valence-corrected chi connectivity index (χ3v) is 19.3. The van der Waals surface area contributed by atoms with Gasteiger partial charge in [0.1, 0.15) is 36.1 Å². The van der Waals surface area contributed by atoms with Crippen LogP contribution in [0, 0.1) is 17.7 Å². The Bertz CT molecular complexity index is 3800. The number of hydrogen-bond acceptors (Lipinski definition) is 16. The van der Waals surface area contributed by atoms with Crippen LogP contribution in [0.1, 0.15) is 36.9 Å². The van der Waals surface area contributed by atoms with Crippen LogP contribution in [-0.2, 0) is 22.6 Å². The van der Waals surface area contributed by atoms with E-state index in [-0.39, 0.29) is 47.0 Å². The Morgan fingerprint density at radius 1 is 0.697 bits per heavy atom. The molecule has 89 heavy (non-hydrogen) atoms. The number of likely N-dealkylation sites (tertiary alicyclic amines) is 4. The summed E-state index contributed by atoms with van der Waals surface area (Å²) in [5.74, 6) is 1.31. The number of benzene rings is 4. The molecule has 8 heterocycles. The van der Waals surface area contributed by atoms with Crippen LogP contribution in [-0.4, -0.2) is 219 Å². The second-order valence-electron chi connectivity index (χ2n) is 25.4. The quantitative estimate of drug-likeness (QED) is 0.0630. The van der Waals surface area contributed by atoms with E-state index in [4.69, 9.17) is 57.6 Å². The van der Waals surface area contributed by atoms with Gasteiger partial charge in [0.15, 0.2) is 5.82 Å². The molecule has 2 amide bonds. The van der Waals surface area contributed by atoms with Gasteiger partial charge in [0.2, 0.25) is 11.8 Å². The number of nitrogens with zero attached hydrogens (tertiary/aromatic N) is 14. The molecule has 468 valence electrons. The van der Waals surface area contributed by atoms with E-state index in [2.05, 4.69) is 77.0 Å². The fraction of sp³-hybridized carbons (Fsp3) is 0.456. The maximum absolute atomic E-state index is 17.2. The highest BCUT2D eigenvalue weighted by Crippen LogP contribution is 2.40. The molecular formula is C68H81Cl2FN14O4. The number of rotatable bonds is 21. The molecule has 7 aromatic rings. The van der Waals surface area contributed by atoms with Crippen LogP contribution in [0.15, 0.2) is 103 Å². The van der Waals surface area contributed by atoms with Crippen molar-refractivity contribution in [3.63, 3.8) is 0 Å². The summed E-state index contributed by atoms with van der Waals surface area (Å²) in [5.41, 5.74) is 3.97. The SMILES string of the molecule is CN(C)C/C=C/C(=O)N1CC(CN(C)c2nc(OC[C@@H]3CC(CN(C)C/C=C/C(=O)N4CC[C@@H](N(C)c5nc(OC[C@@H]6CCCN6C)nc6c5CCN(c5cccc7cccc(Cl)c57)C6)C4)CN3C)nc3c(F)c(-c4cccc5cccc(Cl)c45)ncc23)C1. The summed E-state index contributed by atoms with van der Waals surface area (Å²) < 4.78 is 30.1. The molecule has 0 bridgehead atoms. The maximum Gasteiger partial charge on any atom is 0.319 e. The van der Waals surface area contributed by atoms with E-state index in [1.807, 2.05) is 95.4 Å². The molecule has 3 aromatic heterocycles. The molecule has 0 radical (unpaired) electrons. The van der Waals surface area contributed by atoms with Crippen LogP contribution in [0.2, 0.25) is 10.0 Å². The van der Waals surface area contributed by atoms with Gasteiger partial charge in [0.05, 0.1) is 22.6 Å². The number of carbonyl (C=O) groups excluding carboxylic acids is 2. The minimum absolute atomic E-state index is 0.00648. The molecule has 4 saturated heterocycles. The molecule has 5 aliphatic heterocycles. The molecule has 4 atom stereocenters. The standard InChI is InChI=1S/C68H81Cl2FN14O4/c1-77(2)28-13-24-59(87)85-38-45(39-85)37-81(6)65-53-34-72-63(52-20-8-15-46-16-9-21-54(69)60(46)52)62(71)64(53)74-68(75-65)89-43-50-33-44(36-80(50)5)35-78(3)29-14-25-58(86)84-31-26-48(40-84)82(7)66-51-27-32-83(57-23-11-18-47-17-10-22-55(70)61(47)57)41-56(51)73-67(76-66)88-42-49-19-12-30-79(49)4/h8-11,13-18,20-25,34,44-45,48-50H,12,19,26-33,35-43H2,1-7H3/b24-13+,25-14+/t44?,48-,49+,50+/m1/s1. The predicted molar refractivity (Wildman–Crippen MR) is 353 cm³/mol. The highest BCUT2D eigenvalue weighted by atomic mass is 35.5. The summed E-state index contributed by atoms with van der Waals surface area (Å²) >= 11 is 13.6. The number of pyridine rings is 1. The number of aromatic nitrogens is 5. The van der Waals surface area contributed by atoms with E-state index in [0.717, 1.165) is 102 Å². The van der Waals surface area contributed by atoms with Crippen molar-refractivity contribution in [2.45, 2.75) is 56.8 Å². The van der Waals surface area contributed by atoms with Crippen LogP contribution < -0.4 is 24.2 Å². The van der Waals surface area contributed by atoms with Gasteiger partial charge in [0, 0.05) is 155 Å². The number of likely N-dealkylation sites (N-methyl/N-ethyl adjacent to an activating group) is 5. The summed E-state index contributed by atoms with van der Waals surface area (Å²) in [7, 11) is 14.3. The van der Waals surface area contributed by atoms with Crippen LogP contribution in [0.4, 0.5) is 21.7 Å². The van der Waals surface area contributed by atoms with E-state index in [0.29, 0.717) is 111 Å². The highest BCUT2D eigenvalue weighted by Gasteiger charge is 2.36. The Kier molecular flexibility index (Phi) is 18.8. The largest absolute Gasteiger partial charge is 0.462 e. The van der Waals surface area contributed by atoms with Crippen molar-refractivity contribution in [2.24, 2.45) is 11.8 Å². The first-order valence-electron chi connectivity index (χ1n) is 31.2. The number of anilines is 3. The lowest BCUT2D eigenvalue weighted by Crippen LogP contribution is -2.53. The summed E-state index contributed by atoms with van der Waals surface area (Å²) in [6.07, 6.45) is 13.5. The molecule has 18 nitrogen and oxygen atoms in total. The number of halogens is 3. The van der Waals surface area contributed by atoms with Gasteiger partial charge in [-0.25, -0.2) is 4.39 Å². The first-order chi connectivity index (χ1) is 43.0. The van der Waals surface area contributed by atoms with E-state index < -0.39 is 5.82 Å². The van der Waals surface area contributed by atoms with Crippen molar-refractivity contribution in [2.75, 3.05) is 149 Å². The fourth-order valence-corrected chi connectivity index (χ4v) is 14.4. The van der Waals surface area contributed by atoms with Crippen LogP contribution in [0.25, 0.3) is 43.7 Å². The molecule has 5 aliphatic rings. The number of carbonyl (C=O) groups is 2. The topological polar surface area (TPSA) is 146 Å². The average Bonchev–Trinajstić information content (AvgIpc) is 1.62. The fourth-order valence-electron chi connectivity index (χ4n) is 13.8. The molecular weight excluding hydrogens is 1170 g/mol. The second-order valence-corrected chi connectivity index (χ2v) is 26.2. The third-order valence-electron chi connectivity index (χ3n) is 18.7. The van der Waals surface area contributed by atoms with Gasteiger partial charge in [-0.15, -0.1) is 0 Å². The van der Waals surface area contributed by atoms with Crippen molar-refractivity contribution in [3.8, 4) is 23.3 Å². The first-order valence-corrected chi connectivity index (χ1v) is 32.0. The lowest BCUT2D eigenvalue weighted by Gasteiger charge is -2.40. The summed E-state index contributed by atoms with van der Waals surface area (Å²) in [6.45, 7) is 9.30. The normalized spacial score (nSPS) is 20.2. The number of amides is 2. The summed E-state index contributed by atoms with van der Waals surface area (Å²) in [6, 6.07) is 24.6. The molecule has 12 rings (SSSR count). The lowest BCUT2D eigenvalue weighted by atomic mass is 9.99. The Morgan fingerprint density at radius 3 is 2.11 bits per heavy atom. The van der Waals surface area contributed by atoms with Crippen molar-refractivity contribution in [1.29, 1.82) is 0 Å². The Labute approximate surface area is 531 Å². The van der Waals surface area contributed by atoms with Gasteiger partial charge < -0.3 is 48.7 Å². The molecule has 0 saturated carbocycles. The number of hydrogen-bond donors (Lipinski definition) is 0. The predicted octanol–water partition coefficient (Wildman–Crippen LogP) is 9.21. The molecule has 0 aliphatic carbocycles. The minimum Gasteiger partial charge on any atom is -0.462 e. The maximum atomic E-state index is 17.2. The zero-order valence-electron chi connectivity index (χ0n) is 52.2. The lowest BCUT2D eigenvalue weighted by molar-refractivity contribution is -0.131.